The van der Waals surface area contributed by atoms with Crippen LogP contribution < -0.4 is 0 Å². The molecule has 0 aliphatic heterocycles. The summed E-state index contributed by atoms with van der Waals surface area (Å²) in [5.41, 5.74) is 12.3. The molecule has 0 nitrogen and oxygen atoms in total. The molecule has 0 aliphatic rings. The van der Waals surface area contributed by atoms with Gasteiger partial charge in [0, 0.05) is 0 Å². The number of hydrogen-bond acceptors (Lipinski definition) is 0. The van der Waals surface area contributed by atoms with Crippen LogP contribution in [0.4, 0.5) is 0 Å². The first-order valence-corrected chi connectivity index (χ1v) is 19.4. The molecule has 0 aliphatic carbocycles. The van der Waals surface area contributed by atoms with Gasteiger partial charge in [-0.1, -0.05) is 200 Å². The molecule has 0 heteroatoms. The van der Waals surface area contributed by atoms with E-state index < -0.39 is 0 Å². The van der Waals surface area contributed by atoms with Gasteiger partial charge >= 0.3 is 0 Å². The minimum Gasteiger partial charge on any atom is -0.0616 e. The lowest BCUT2D eigenvalue weighted by Gasteiger charge is -2.19. The molecular weight excluding hydrogens is 673 g/mol. The predicted molar refractivity (Wildman–Crippen MR) is 241 cm³/mol. The van der Waals surface area contributed by atoms with Crippen molar-refractivity contribution in [3.8, 4) is 55.6 Å². The fraction of sp³-hybridized carbons (Fsp3) is 0. The highest BCUT2D eigenvalue weighted by Crippen LogP contribution is 2.46. The summed E-state index contributed by atoms with van der Waals surface area (Å²) >= 11 is 0. The maximum absolute atomic E-state index is 2.42. The summed E-state index contributed by atoms with van der Waals surface area (Å²) in [6, 6.07) is 80.4. The normalized spacial score (nSPS) is 11.6. The summed E-state index contributed by atoms with van der Waals surface area (Å²) in [5.74, 6) is 0. The molecule has 0 saturated carbocycles. The van der Waals surface area contributed by atoms with E-state index in [-0.39, 0.29) is 0 Å². The molecule has 0 bridgehead atoms. The Morgan fingerprint density at radius 3 is 1.16 bits per heavy atom. The van der Waals surface area contributed by atoms with Crippen LogP contribution in [-0.2, 0) is 0 Å². The van der Waals surface area contributed by atoms with Crippen LogP contribution in [0.25, 0.3) is 109 Å². The summed E-state index contributed by atoms with van der Waals surface area (Å²) in [5, 5.41) is 12.6. The number of fused-ring (bicyclic) bond motifs is 5. The Labute approximate surface area is 326 Å². The molecule has 11 aromatic carbocycles. The first kappa shape index (κ1) is 32.2. The van der Waals surface area contributed by atoms with E-state index >= 15 is 0 Å². The Hall–Kier alpha value is -7.28. The second-order valence-electron chi connectivity index (χ2n) is 14.9. The molecule has 56 heavy (non-hydrogen) atoms. The van der Waals surface area contributed by atoms with E-state index in [9.17, 15) is 0 Å². The van der Waals surface area contributed by atoms with Crippen LogP contribution in [0, 0.1) is 0 Å². The molecule has 260 valence electrons. The van der Waals surface area contributed by atoms with Crippen LogP contribution >= 0.6 is 0 Å². The minimum atomic E-state index is 1.20. The Bertz CT molecular complexity index is 3270. The number of hydrogen-bond donors (Lipinski definition) is 0. The highest BCUT2D eigenvalue weighted by atomic mass is 14.2. The Kier molecular flexibility index (Phi) is 7.60. The number of benzene rings is 11. The highest BCUT2D eigenvalue weighted by Gasteiger charge is 2.18. The van der Waals surface area contributed by atoms with E-state index in [1.165, 1.54) is 109 Å². The molecule has 0 saturated heterocycles. The van der Waals surface area contributed by atoms with Crippen LogP contribution in [0.15, 0.2) is 218 Å². The largest absolute Gasteiger partial charge is 0.0616 e. The van der Waals surface area contributed by atoms with E-state index in [1.54, 1.807) is 0 Å². The van der Waals surface area contributed by atoms with Gasteiger partial charge in [-0.15, -0.1) is 0 Å². The molecule has 0 N–H and O–H groups in total. The van der Waals surface area contributed by atoms with Crippen LogP contribution in [0.1, 0.15) is 0 Å². The summed E-state index contributed by atoms with van der Waals surface area (Å²) in [4.78, 5) is 0. The molecular formula is C56H36. The van der Waals surface area contributed by atoms with Gasteiger partial charge in [0.25, 0.3) is 0 Å². The lowest BCUT2D eigenvalue weighted by atomic mass is 9.84. The van der Waals surface area contributed by atoms with E-state index in [1.807, 2.05) is 0 Å². The van der Waals surface area contributed by atoms with Crippen molar-refractivity contribution in [2.45, 2.75) is 0 Å². The zero-order valence-corrected chi connectivity index (χ0v) is 30.8. The maximum Gasteiger partial charge on any atom is -0.00259 e. The third kappa shape index (κ3) is 5.46. The summed E-state index contributed by atoms with van der Waals surface area (Å²) in [7, 11) is 0. The summed E-state index contributed by atoms with van der Waals surface area (Å²) in [6.45, 7) is 0. The Balaban J connectivity index is 1.05. The smallest absolute Gasteiger partial charge is 0.00259 e. The topological polar surface area (TPSA) is 0 Å². The molecule has 0 fully saturated rings. The van der Waals surface area contributed by atoms with Gasteiger partial charge in [-0.3, -0.25) is 0 Å². The molecule has 0 spiro atoms. The maximum atomic E-state index is 2.42. The van der Waals surface area contributed by atoms with Crippen LogP contribution in [0.5, 0.6) is 0 Å². The molecule has 0 atom stereocenters. The van der Waals surface area contributed by atoms with Gasteiger partial charge in [0.15, 0.2) is 0 Å². The zero-order chi connectivity index (χ0) is 37.0. The van der Waals surface area contributed by atoms with Gasteiger partial charge in [-0.2, -0.15) is 0 Å². The standard InChI is InChI=1S/C56H36/c1-3-13-44-34-47(30-26-37(44)10-1)55-51-17-7-8-18-52(51)56(48-31-27-38-11-2-4-14-45(38)35-48)54-36-46(32-33-53(54)55)41-22-20-39(21-23-41)40-24-28-43(29-25-40)50-19-9-15-42-12-5-6-16-49(42)50/h1-36H. The summed E-state index contributed by atoms with van der Waals surface area (Å²) < 4.78 is 0. The monoisotopic (exact) mass is 708 g/mol. The van der Waals surface area contributed by atoms with E-state index in [4.69, 9.17) is 0 Å². The van der Waals surface area contributed by atoms with Crippen molar-refractivity contribution in [2.24, 2.45) is 0 Å². The van der Waals surface area contributed by atoms with Gasteiger partial charge in [0.2, 0.25) is 0 Å². The van der Waals surface area contributed by atoms with Crippen LogP contribution in [0.2, 0.25) is 0 Å². The first-order chi connectivity index (χ1) is 27.7. The zero-order valence-electron chi connectivity index (χ0n) is 30.8. The molecule has 0 unspecified atom stereocenters. The quantitative estimate of drug-likeness (QED) is 0.156. The van der Waals surface area contributed by atoms with Crippen molar-refractivity contribution in [2.75, 3.05) is 0 Å². The Morgan fingerprint density at radius 2 is 0.571 bits per heavy atom. The molecule has 0 radical (unpaired) electrons. The molecule has 11 aromatic rings. The average molecular weight is 709 g/mol. The third-order valence-corrected chi connectivity index (χ3v) is 11.6. The van der Waals surface area contributed by atoms with Crippen molar-refractivity contribution < 1.29 is 0 Å². The lowest BCUT2D eigenvalue weighted by molar-refractivity contribution is 1.59. The second-order valence-corrected chi connectivity index (χ2v) is 14.9. The van der Waals surface area contributed by atoms with Crippen molar-refractivity contribution in [1.82, 2.24) is 0 Å². The van der Waals surface area contributed by atoms with Crippen LogP contribution in [-0.4, -0.2) is 0 Å². The fourth-order valence-corrected chi connectivity index (χ4v) is 8.84. The van der Waals surface area contributed by atoms with E-state index in [2.05, 4.69) is 218 Å². The molecule has 0 amide bonds. The highest BCUT2D eigenvalue weighted by molar-refractivity contribution is 6.22. The fourth-order valence-electron chi connectivity index (χ4n) is 8.84. The lowest BCUT2D eigenvalue weighted by Crippen LogP contribution is -1.92. The van der Waals surface area contributed by atoms with Gasteiger partial charge in [-0.25, -0.2) is 0 Å². The van der Waals surface area contributed by atoms with Gasteiger partial charge in [0.05, 0.1) is 0 Å². The van der Waals surface area contributed by atoms with Crippen molar-refractivity contribution in [3.63, 3.8) is 0 Å². The average Bonchev–Trinajstić information content (AvgIpc) is 3.27. The number of rotatable bonds is 5. The van der Waals surface area contributed by atoms with E-state index in [0.717, 1.165) is 0 Å². The molecule has 0 aromatic heterocycles. The van der Waals surface area contributed by atoms with Gasteiger partial charge in [-0.05, 0) is 128 Å². The third-order valence-electron chi connectivity index (χ3n) is 11.6. The second kappa shape index (κ2) is 13.2. The van der Waals surface area contributed by atoms with Gasteiger partial charge < -0.3 is 0 Å². The van der Waals surface area contributed by atoms with Crippen molar-refractivity contribution in [1.29, 1.82) is 0 Å². The van der Waals surface area contributed by atoms with Crippen LogP contribution in [0.3, 0.4) is 0 Å². The molecule has 11 rings (SSSR count). The summed E-state index contributed by atoms with van der Waals surface area (Å²) in [6.07, 6.45) is 0. The first-order valence-electron chi connectivity index (χ1n) is 19.4. The predicted octanol–water partition coefficient (Wildman–Crippen LogP) is 15.8. The van der Waals surface area contributed by atoms with Crippen molar-refractivity contribution >= 4 is 53.9 Å². The van der Waals surface area contributed by atoms with E-state index in [0.29, 0.717) is 0 Å². The molecule has 0 heterocycles. The van der Waals surface area contributed by atoms with Gasteiger partial charge in [0.1, 0.15) is 0 Å². The minimum absolute atomic E-state index is 1.20. The Morgan fingerprint density at radius 1 is 0.179 bits per heavy atom. The van der Waals surface area contributed by atoms with Crippen molar-refractivity contribution in [3.05, 3.63) is 218 Å². The SMILES string of the molecule is c1ccc2cc(-c3c4ccccc4c(-c4ccc5ccccc5c4)c4cc(-c5ccc(-c6ccc(-c7cccc8ccccc78)cc6)cc5)ccc34)ccc2c1.